The molecule has 2 fully saturated rings. The molecule has 0 N–H and O–H groups in total. The van der Waals surface area contributed by atoms with Crippen molar-refractivity contribution >= 4 is 17.0 Å². The van der Waals surface area contributed by atoms with Crippen molar-refractivity contribution in [3.05, 3.63) is 29.7 Å². The molecule has 1 aromatic heterocycles. The number of carbonyl (C=O) groups excluding carboxylic acids is 1. The second-order valence-corrected chi connectivity index (χ2v) is 7.15. The first-order valence-electron chi connectivity index (χ1n) is 9.75. The lowest BCUT2D eigenvalue weighted by Gasteiger charge is -2.26. The Bertz CT molecular complexity index is 778. The summed E-state index contributed by atoms with van der Waals surface area (Å²) < 4.78 is 11.5. The van der Waals surface area contributed by atoms with Gasteiger partial charge in [-0.15, -0.1) is 0 Å². The van der Waals surface area contributed by atoms with Gasteiger partial charge in [0, 0.05) is 31.3 Å². The standard InChI is InChI=1S/C20H27N3O3/c1-3-22(4-2)15-9-10-23(13-15)20(24)14-7-8-16-18(12-14)26-19(21-16)17-6-5-11-25-17/h7-8,12,15,17H,3-6,9-11,13H2,1-2H3. The van der Waals surface area contributed by atoms with E-state index in [0.717, 1.165) is 57.6 Å². The summed E-state index contributed by atoms with van der Waals surface area (Å²) in [6, 6.07) is 6.03. The largest absolute Gasteiger partial charge is 0.438 e. The smallest absolute Gasteiger partial charge is 0.254 e. The van der Waals surface area contributed by atoms with Gasteiger partial charge in [0.2, 0.25) is 5.89 Å². The summed E-state index contributed by atoms with van der Waals surface area (Å²) in [4.78, 5) is 21.8. The van der Waals surface area contributed by atoms with E-state index < -0.39 is 0 Å². The average molecular weight is 357 g/mol. The van der Waals surface area contributed by atoms with Crippen LogP contribution in [-0.4, -0.2) is 59.5 Å². The van der Waals surface area contributed by atoms with E-state index in [2.05, 4.69) is 23.7 Å². The highest BCUT2D eigenvalue weighted by atomic mass is 16.5. The fourth-order valence-corrected chi connectivity index (χ4v) is 4.13. The van der Waals surface area contributed by atoms with Gasteiger partial charge in [0.25, 0.3) is 5.91 Å². The van der Waals surface area contributed by atoms with Gasteiger partial charge in [-0.05, 0) is 50.6 Å². The van der Waals surface area contributed by atoms with Gasteiger partial charge in [-0.3, -0.25) is 9.69 Å². The number of fused-ring (bicyclic) bond motifs is 1. The number of likely N-dealkylation sites (N-methyl/N-ethyl adjacent to an activating group) is 1. The third-order valence-electron chi connectivity index (χ3n) is 5.64. The van der Waals surface area contributed by atoms with Crippen molar-refractivity contribution in [2.45, 2.75) is 45.3 Å². The predicted octanol–water partition coefficient (Wildman–Crippen LogP) is 3.24. The molecule has 0 radical (unpaired) electrons. The van der Waals surface area contributed by atoms with Crippen molar-refractivity contribution in [3.8, 4) is 0 Å². The molecule has 140 valence electrons. The average Bonchev–Trinajstić information content (AvgIpc) is 3.40. The zero-order valence-electron chi connectivity index (χ0n) is 15.6. The highest BCUT2D eigenvalue weighted by molar-refractivity contribution is 5.97. The van der Waals surface area contributed by atoms with Crippen molar-refractivity contribution < 1.29 is 13.9 Å². The van der Waals surface area contributed by atoms with Crippen molar-refractivity contribution in [3.63, 3.8) is 0 Å². The molecule has 6 nitrogen and oxygen atoms in total. The van der Waals surface area contributed by atoms with Crippen LogP contribution in [0, 0.1) is 0 Å². The Morgan fingerprint density at radius 1 is 1.31 bits per heavy atom. The van der Waals surface area contributed by atoms with Gasteiger partial charge < -0.3 is 14.1 Å². The number of oxazole rings is 1. The van der Waals surface area contributed by atoms with Gasteiger partial charge in [0.1, 0.15) is 11.6 Å². The molecule has 2 aliphatic rings. The van der Waals surface area contributed by atoms with E-state index in [9.17, 15) is 4.79 Å². The van der Waals surface area contributed by atoms with E-state index in [1.165, 1.54) is 0 Å². The normalized spacial score (nSPS) is 23.4. The Morgan fingerprint density at radius 2 is 2.15 bits per heavy atom. The lowest BCUT2D eigenvalue weighted by Crippen LogP contribution is -2.38. The van der Waals surface area contributed by atoms with E-state index in [1.807, 2.05) is 23.1 Å². The Balaban J connectivity index is 1.50. The number of carbonyl (C=O) groups is 1. The third-order valence-corrected chi connectivity index (χ3v) is 5.64. The Hall–Kier alpha value is -1.92. The van der Waals surface area contributed by atoms with Crippen LogP contribution in [0.1, 0.15) is 55.5 Å². The zero-order valence-corrected chi connectivity index (χ0v) is 15.6. The van der Waals surface area contributed by atoms with Crippen LogP contribution in [0.5, 0.6) is 0 Å². The van der Waals surface area contributed by atoms with E-state index in [4.69, 9.17) is 9.15 Å². The van der Waals surface area contributed by atoms with Gasteiger partial charge in [-0.25, -0.2) is 4.98 Å². The second kappa shape index (κ2) is 7.37. The van der Waals surface area contributed by atoms with Crippen LogP contribution in [0.4, 0.5) is 0 Å². The minimum Gasteiger partial charge on any atom is -0.438 e. The Labute approximate surface area is 154 Å². The molecule has 0 aliphatic carbocycles. The van der Waals surface area contributed by atoms with Crippen LogP contribution < -0.4 is 0 Å². The molecular formula is C20H27N3O3. The topological polar surface area (TPSA) is 58.8 Å². The minimum absolute atomic E-state index is 0.0463. The molecule has 1 amide bonds. The SMILES string of the molecule is CCN(CC)C1CCN(C(=O)c2ccc3nc(C4CCCO4)oc3c2)C1. The Kier molecular flexibility index (Phi) is 4.96. The molecule has 1 aromatic carbocycles. The summed E-state index contributed by atoms with van der Waals surface area (Å²) in [6.45, 7) is 8.79. The highest BCUT2D eigenvalue weighted by Crippen LogP contribution is 2.30. The number of rotatable bonds is 5. The van der Waals surface area contributed by atoms with Gasteiger partial charge >= 0.3 is 0 Å². The molecule has 2 aromatic rings. The lowest BCUT2D eigenvalue weighted by molar-refractivity contribution is 0.0778. The van der Waals surface area contributed by atoms with E-state index in [1.54, 1.807) is 0 Å². The predicted molar refractivity (Wildman–Crippen MR) is 99.2 cm³/mol. The number of hydrogen-bond acceptors (Lipinski definition) is 5. The van der Waals surface area contributed by atoms with Crippen molar-refractivity contribution in [1.82, 2.24) is 14.8 Å². The second-order valence-electron chi connectivity index (χ2n) is 7.15. The van der Waals surface area contributed by atoms with Crippen LogP contribution in [0.25, 0.3) is 11.1 Å². The zero-order chi connectivity index (χ0) is 18.1. The fraction of sp³-hybridized carbons (Fsp3) is 0.600. The first-order chi connectivity index (χ1) is 12.7. The molecule has 3 heterocycles. The van der Waals surface area contributed by atoms with E-state index in [0.29, 0.717) is 23.1 Å². The van der Waals surface area contributed by atoms with Crippen molar-refractivity contribution in [2.24, 2.45) is 0 Å². The number of nitrogens with zero attached hydrogens (tertiary/aromatic N) is 3. The first kappa shape index (κ1) is 17.5. The first-order valence-corrected chi connectivity index (χ1v) is 9.75. The summed E-state index contributed by atoms with van der Waals surface area (Å²) in [5.41, 5.74) is 2.13. The van der Waals surface area contributed by atoms with E-state index in [-0.39, 0.29) is 12.0 Å². The van der Waals surface area contributed by atoms with Crippen LogP contribution >= 0.6 is 0 Å². The molecule has 2 saturated heterocycles. The van der Waals surface area contributed by atoms with Gasteiger partial charge in [-0.1, -0.05) is 13.8 Å². The lowest BCUT2D eigenvalue weighted by atomic mass is 10.2. The number of ether oxygens (including phenoxy) is 1. The van der Waals surface area contributed by atoms with Crippen molar-refractivity contribution in [2.75, 3.05) is 32.8 Å². The fourth-order valence-electron chi connectivity index (χ4n) is 4.13. The number of benzene rings is 1. The van der Waals surface area contributed by atoms with Crippen LogP contribution in [0.3, 0.4) is 0 Å². The summed E-state index contributed by atoms with van der Waals surface area (Å²) in [5, 5.41) is 0. The van der Waals surface area contributed by atoms with Gasteiger partial charge in [0.05, 0.1) is 0 Å². The molecule has 2 unspecified atom stereocenters. The van der Waals surface area contributed by atoms with Gasteiger partial charge in [-0.2, -0.15) is 0 Å². The van der Waals surface area contributed by atoms with Crippen molar-refractivity contribution in [1.29, 1.82) is 0 Å². The molecule has 0 bridgehead atoms. The number of amides is 1. The van der Waals surface area contributed by atoms with Crippen LogP contribution in [0.15, 0.2) is 22.6 Å². The maximum Gasteiger partial charge on any atom is 0.254 e. The quantitative estimate of drug-likeness (QED) is 0.822. The number of hydrogen-bond donors (Lipinski definition) is 0. The third kappa shape index (κ3) is 3.23. The Morgan fingerprint density at radius 3 is 2.88 bits per heavy atom. The number of likely N-dealkylation sites (tertiary alicyclic amines) is 1. The molecule has 4 rings (SSSR count). The highest BCUT2D eigenvalue weighted by Gasteiger charge is 2.30. The maximum absolute atomic E-state index is 12.9. The summed E-state index contributed by atoms with van der Waals surface area (Å²) in [7, 11) is 0. The summed E-state index contributed by atoms with van der Waals surface area (Å²) in [6.07, 6.45) is 2.98. The number of aromatic nitrogens is 1. The molecule has 6 heteroatoms. The molecule has 0 spiro atoms. The van der Waals surface area contributed by atoms with Crippen LogP contribution in [0.2, 0.25) is 0 Å². The maximum atomic E-state index is 12.9. The minimum atomic E-state index is -0.0463. The van der Waals surface area contributed by atoms with Crippen LogP contribution in [-0.2, 0) is 4.74 Å². The molecular weight excluding hydrogens is 330 g/mol. The van der Waals surface area contributed by atoms with E-state index >= 15 is 0 Å². The molecule has 2 atom stereocenters. The molecule has 2 aliphatic heterocycles. The molecule has 0 saturated carbocycles. The molecule has 26 heavy (non-hydrogen) atoms. The van der Waals surface area contributed by atoms with Gasteiger partial charge in [0.15, 0.2) is 5.58 Å². The summed E-state index contributed by atoms with van der Waals surface area (Å²) >= 11 is 0. The monoisotopic (exact) mass is 357 g/mol. The summed E-state index contributed by atoms with van der Waals surface area (Å²) in [5.74, 6) is 0.710.